The van der Waals surface area contributed by atoms with E-state index in [-0.39, 0.29) is 34.8 Å². The van der Waals surface area contributed by atoms with Gasteiger partial charge in [0, 0.05) is 36.1 Å². The van der Waals surface area contributed by atoms with E-state index in [2.05, 4.69) is 37.5 Å². The molecule has 3 aromatic rings. The number of hydrogen-bond acceptors (Lipinski definition) is 6. The smallest absolute Gasteiger partial charge is 0.240 e. The molecule has 1 N–H and O–H groups in total. The summed E-state index contributed by atoms with van der Waals surface area (Å²) in [6.07, 6.45) is 0.715. The molecule has 0 radical (unpaired) electrons. The van der Waals surface area contributed by atoms with Gasteiger partial charge in [0.15, 0.2) is 0 Å². The molecule has 0 spiro atoms. The number of carbonyl (C=O) groups is 2. The number of para-hydroxylation sites is 1. The molecule has 1 aliphatic heterocycles. The number of fused-ring (bicyclic) bond motifs is 1. The lowest BCUT2D eigenvalue weighted by atomic mass is 9.88. The number of methoxy groups -OCH3 is 1. The van der Waals surface area contributed by atoms with Gasteiger partial charge >= 0.3 is 0 Å². The molecule has 3 heterocycles. The van der Waals surface area contributed by atoms with E-state index >= 15 is 0 Å². The van der Waals surface area contributed by atoms with Crippen LogP contribution in [0, 0.1) is 6.92 Å². The van der Waals surface area contributed by atoms with E-state index in [0.29, 0.717) is 25.4 Å². The Kier molecular flexibility index (Phi) is 8.22. The monoisotopic (exact) mass is 526 g/mol. The summed E-state index contributed by atoms with van der Waals surface area (Å²) >= 11 is 3.29. The van der Waals surface area contributed by atoms with Crippen LogP contribution in [0.4, 0.5) is 5.82 Å². The number of aryl methyl sites for hydroxylation is 1. The number of thiophene rings is 1. The van der Waals surface area contributed by atoms with Gasteiger partial charge in [0.2, 0.25) is 11.8 Å². The average molecular weight is 527 g/mol. The molecule has 192 valence electrons. The zero-order valence-corrected chi connectivity index (χ0v) is 23.2. The van der Waals surface area contributed by atoms with E-state index in [1.54, 1.807) is 35.1 Å². The van der Waals surface area contributed by atoms with E-state index in [9.17, 15) is 9.59 Å². The van der Waals surface area contributed by atoms with Crippen LogP contribution in [0.5, 0.6) is 0 Å². The first kappa shape index (κ1) is 26.4. The molecule has 1 aromatic carbocycles. The number of nitrogens with zero attached hydrogens (tertiary/aromatic N) is 3. The van der Waals surface area contributed by atoms with Gasteiger partial charge in [-0.05, 0) is 36.4 Å². The molecule has 2 amide bonds. The lowest BCUT2D eigenvalue weighted by molar-refractivity contribution is -0.122. The summed E-state index contributed by atoms with van der Waals surface area (Å²) < 4.78 is 6.96. The van der Waals surface area contributed by atoms with Crippen molar-refractivity contribution < 1.29 is 14.3 Å². The van der Waals surface area contributed by atoms with Gasteiger partial charge in [0.05, 0.1) is 22.4 Å². The number of benzene rings is 1. The van der Waals surface area contributed by atoms with Crippen LogP contribution in [0.2, 0.25) is 0 Å². The first-order valence-electron chi connectivity index (χ1n) is 12.1. The average Bonchev–Trinajstić information content (AvgIpc) is 3.47. The maximum absolute atomic E-state index is 13.6. The number of aromatic nitrogens is 2. The van der Waals surface area contributed by atoms with Gasteiger partial charge in [0.25, 0.3) is 0 Å². The van der Waals surface area contributed by atoms with E-state index in [1.165, 1.54) is 4.88 Å². The summed E-state index contributed by atoms with van der Waals surface area (Å²) in [6, 6.07) is 12.2. The highest BCUT2D eigenvalue weighted by atomic mass is 32.2. The quantitative estimate of drug-likeness (QED) is 0.424. The van der Waals surface area contributed by atoms with Crippen LogP contribution in [-0.2, 0) is 19.7 Å². The van der Waals surface area contributed by atoms with Crippen molar-refractivity contribution in [2.45, 2.75) is 44.8 Å². The van der Waals surface area contributed by atoms with Gasteiger partial charge in [-0.3, -0.25) is 14.5 Å². The predicted molar refractivity (Wildman–Crippen MR) is 147 cm³/mol. The number of nitrogens with one attached hydrogen (secondary N) is 1. The zero-order chi connectivity index (χ0) is 25.9. The summed E-state index contributed by atoms with van der Waals surface area (Å²) in [5.41, 5.74) is 3.63. The Morgan fingerprint density at radius 1 is 1.22 bits per heavy atom. The Labute approximate surface area is 221 Å². The molecule has 0 saturated carbocycles. The summed E-state index contributed by atoms with van der Waals surface area (Å²) in [5.74, 6) is 0.683. The number of rotatable bonds is 8. The summed E-state index contributed by atoms with van der Waals surface area (Å²) in [6.45, 7) is 9.49. The van der Waals surface area contributed by atoms with Crippen molar-refractivity contribution >= 4 is 40.7 Å². The molecule has 0 fully saturated rings. The Morgan fingerprint density at radius 2 is 2.00 bits per heavy atom. The molecule has 36 heavy (non-hydrogen) atoms. The van der Waals surface area contributed by atoms with Gasteiger partial charge in [-0.25, -0.2) is 4.68 Å². The third-order valence-electron chi connectivity index (χ3n) is 6.09. The topological polar surface area (TPSA) is 76.5 Å². The van der Waals surface area contributed by atoms with Crippen molar-refractivity contribution in [1.29, 1.82) is 0 Å². The molecule has 1 aliphatic rings. The van der Waals surface area contributed by atoms with Crippen LogP contribution >= 0.6 is 23.1 Å². The lowest BCUT2D eigenvalue weighted by Crippen LogP contribution is -2.42. The third-order valence-corrected chi connectivity index (χ3v) is 8.42. The summed E-state index contributed by atoms with van der Waals surface area (Å²) in [4.78, 5) is 29.4. The Balaban J connectivity index is 1.89. The lowest BCUT2D eigenvalue weighted by Gasteiger charge is -2.24. The van der Waals surface area contributed by atoms with Gasteiger partial charge in [0.1, 0.15) is 12.4 Å². The molecular formula is C27H34N4O3S2. The first-order valence-corrected chi connectivity index (χ1v) is 14.1. The third kappa shape index (κ3) is 5.53. The van der Waals surface area contributed by atoms with Crippen LogP contribution in [0.1, 0.15) is 54.1 Å². The van der Waals surface area contributed by atoms with E-state index in [0.717, 1.165) is 22.5 Å². The minimum Gasteiger partial charge on any atom is -0.385 e. The molecule has 4 rings (SSSR count). The fraction of sp³-hybridized carbons (Fsp3) is 0.444. The maximum atomic E-state index is 13.6. The van der Waals surface area contributed by atoms with Crippen molar-refractivity contribution in [1.82, 2.24) is 15.1 Å². The fourth-order valence-electron chi connectivity index (χ4n) is 4.35. The Morgan fingerprint density at radius 3 is 2.67 bits per heavy atom. The Hall–Kier alpha value is -2.62. The van der Waals surface area contributed by atoms with Crippen LogP contribution in [0.25, 0.3) is 5.69 Å². The second-order valence-electron chi connectivity index (χ2n) is 9.92. The standard InChI is InChI=1S/C27H34N4O3S2/c1-18-10-6-7-11-19(18)31-26-23(25(29-31)27(2,3)4)24(20-12-8-15-35-20)36-17-22(33)30(26)16-21(32)28-13-9-14-34-5/h6-8,10-12,15,24H,9,13-14,16-17H2,1-5H3,(H,28,32)/t24-/m1/s1. The largest absolute Gasteiger partial charge is 0.385 e. The fourth-order valence-corrected chi connectivity index (χ4v) is 6.53. The van der Waals surface area contributed by atoms with Crippen molar-refractivity contribution in [2.75, 3.05) is 37.5 Å². The molecule has 2 aromatic heterocycles. The minimum atomic E-state index is -0.268. The van der Waals surface area contributed by atoms with E-state index in [1.807, 2.05) is 41.9 Å². The van der Waals surface area contributed by atoms with Crippen LogP contribution in [-0.4, -0.2) is 54.2 Å². The number of ether oxygens (including phenoxy) is 1. The van der Waals surface area contributed by atoms with Crippen molar-refractivity contribution in [3.05, 3.63) is 63.5 Å². The number of amides is 2. The summed E-state index contributed by atoms with van der Waals surface area (Å²) in [5, 5.41) is 10.1. The van der Waals surface area contributed by atoms with Crippen LogP contribution < -0.4 is 10.2 Å². The predicted octanol–water partition coefficient (Wildman–Crippen LogP) is 4.86. The van der Waals surface area contributed by atoms with E-state index in [4.69, 9.17) is 9.84 Å². The van der Waals surface area contributed by atoms with Crippen molar-refractivity contribution in [2.24, 2.45) is 0 Å². The van der Waals surface area contributed by atoms with Crippen molar-refractivity contribution in [3.8, 4) is 5.69 Å². The molecule has 1 atom stereocenters. The maximum Gasteiger partial charge on any atom is 0.240 e. The normalized spacial score (nSPS) is 16.1. The van der Waals surface area contributed by atoms with Crippen molar-refractivity contribution in [3.63, 3.8) is 0 Å². The number of carbonyl (C=O) groups excluding carboxylic acids is 2. The highest BCUT2D eigenvalue weighted by molar-refractivity contribution is 8.00. The molecule has 9 heteroatoms. The molecule has 0 bridgehead atoms. The van der Waals surface area contributed by atoms with Crippen LogP contribution in [0.15, 0.2) is 41.8 Å². The van der Waals surface area contributed by atoms with E-state index < -0.39 is 0 Å². The van der Waals surface area contributed by atoms with Crippen LogP contribution in [0.3, 0.4) is 0 Å². The molecule has 0 aliphatic carbocycles. The molecule has 0 saturated heterocycles. The first-order chi connectivity index (χ1) is 17.2. The summed E-state index contributed by atoms with van der Waals surface area (Å²) in [7, 11) is 1.64. The number of thioether (sulfide) groups is 1. The van der Waals surface area contributed by atoms with Gasteiger partial charge in [-0.15, -0.1) is 23.1 Å². The number of hydrogen-bond donors (Lipinski definition) is 1. The minimum absolute atomic E-state index is 0.0503. The van der Waals surface area contributed by atoms with Gasteiger partial charge in [-0.1, -0.05) is 45.0 Å². The molecule has 0 unspecified atom stereocenters. The Bertz CT molecular complexity index is 1210. The SMILES string of the molecule is COCCCNC(=O)CN1C(=O)CS[C@H](c2cccs2)c2c(C(C)(C)C)nn(-c3ccccc3C)c21. The second kappa shape index (κ2) is 11.2. The van der Waals surface area contributed by atoms with Gasteiger partial charge in [-0.2, -0.15) is 5.10 Å². The zero-order valence-electron chi connectivity index (χ0n) is 21.5. The highest BCUT2D eigenvalue weighted by Gasteiger charge is 2.40. The number of anilines is 1. The molecule has 7 nitrogen and oxygen atoms in total. The molecular weight excluding hydrogens is 492 g/mol. The van der Waals surface area contributed by atoms with Gasteiger partial charge < -0.3 is 10.1 Å². The highest BCUT2D eigenvalue weighted by Crippen LogP contribution is 2.49. The second-order valence-corrected chi connectivity index (χ2v) is 12.0.